The van der Waals surface area contributed by atoms with E-state index in [1.165, 1.54) is 29.8 Å². The zero-order valence-corrected chi connectivity index (χ0v) is 19.9. The second-order valence-corrected chi connectivity index (χ2v) is 9.10. The van der Waals surface area contributed by atoms with Crippen molar-refractivity contribution in [3.63, 3.8) is 0 Å². The molecule has 4 N–H and O–H groups in total. The molecule has 1 aliphatic rings. The minimum absolute atomic E-state index is 0.0989. The molecule has 2 aromatic carbocycles. The van der Waals surface area contributed by atoms with E-state index in [2.05, 4.69) is 42.6 Å². The summed E-state index contributed by atoms with van der Waals surface area (Å²) in [7, 11) is 0. The highest BCUT2D eigenvalue weighted by Crippen LogP contribution is 2.26. The monoisotopic (exact) mass is 492 g/mol. The highest BCUT2D eigenvalue weighted by atomic mass is 16.2. The number of H-pyrrole nitrogens is 1. The maximum Gasteiger partial charge on any atom is 0.254 e. The van der Waals surface area contributed by atoms with Crippen molar-refractivity contribution in [1.82, 2.24) is 29.7 Å². The molecule has 0 unspecified atom stereocenters. The Morgan fingerprint density at radius 1 is 1.05 bits per heavy atom. The van der Waals surface area contributed by atoms with Gasteiger partial charge in [-0.05, 0) is 66.6 Å². The molecule has 0 saturated heterocycles. The number of aromatic amines is 1. The topological polar surface area (TPSA) is 144 Å². The van der Waals surface area contributed by atoms with E-state index in [4.69, 9.17) is 5.73 Å². The van der Waals surface area contributed by atoms with Crippen molar-refractivity contribution >= 4 is 28.6 Å². The van der Waals surface area contributed by atoms with Crippen LogP contribution < -0.4 is 16.5 Å². The Morgan fingerprint density at radius 2 is 1.89 bits per heavy atom. The van der Waals surface area contributed by atoms with Crippen LogP contribution >= 0.6 is 0 Å². The molecule has 0 radical (unpaired) electrons. The molecular weight excluding hydrogens is 468 g/mol. The first-order valence-electron chi connectivity index (χ1n) is 12.1. The lowest BCUT2D eigenvalue weighted by atomic mass is 10.1. The van der Waals surface area contributed by atoms with Crippen LogP contribution in [0.25, 0.3) is 16.7 Å². The fourth-order valence-electron chi connectivity index (χ4n) is 4.75. The summed E-state index contributed by atoms with van der Waals surface area (Å²) in [6.45, 7) is 0. The summed E-state index contributed by atoms with van der Waals surface area (Å²) in [5.74, 6) is 0.399. The van der Waals surface area contributed by atoms with Crippen LogP contribution in [0.15, 0.2) is 66.0 Å². The van der Waals surface area contributed by atoms with Crippen molar-refractivity contribution in [1.29, 1.82) is 0 Å². The number of fused-ring (bicyclic) bond motifs is 2. The minimum Gasteiger partial charge on any atom is -0.365 e. The summed E-state index contributed by atoms with van der Waals surface area (Å²) in [6.07, 6.45) is 9.20. The Bertz CT molecular complexity index is 1670. The molecule has 10 heteroatoms. The van der Waals surface area contributed by atoms with Gasteiger partial charge in [-0.25, -0.2) is 9.97 Å². The number of rotatable bonds is 7. The van der Waals surface area contributed by atoms with E-state index in [1.807, 2.05) is 30.3 Å². The van der Waals surface area contributed by atoms with Crippen molar-refractivity contribution < 1.29 is 4.79 Å². The number of hydrogen-bond acceptors (Lipinski definition) is 7. The summed E-state index contributed by atoms with van der Waals surface area (Å²) in [5.41, 5.74) is 10.7. The number of nitrogens with zero attached hydrogens (tertiary/aromatic N) is 5. The highest BCUT2D eigenvalue weighted by molar-refractivity contribution is 5.96. The van der Waals surface area contributed by atoms with Crippen molar-refractivity contribution in [2.24, 2.45) is 5.73 Å². The van der Waals surface area contributed by atoms with E-state index in [0.717, 1.165) is 54.9 Å². The van der Waals surface area contributed by atoms with Crippen molar-refractivity contribution in [2.75, 3.05) is 5.32 Å². The number of hydrogen-bond donors (Lipinski definition) is 3. The fraction of sp³-hybridized carbons (Fsp3) is 0.185. The predicted octanol–water partition coefficient (Wildman–Crippen LogP) is 3.02. The van der Waals surface area contributed by atoms with Crippen molar-refractivity contribution in [3.8, 4) is 5.69 Å². The van der Waals surface area contributed by atoms with E-state index < -0.39 is 11.3 Å². The first-order chi connectivity index (χ1) is 18.0. The molecule has 0 atom stereocenters. The Balaban J connectivity index is 1.34. The molecular formula is C27H24N8O2. The van der Waals surface area contributed by atoms with Gasteiger partial charge in [0.1, 0.15) is 17.7 Å². The van der Waals surface area contributed by atoms with Crippen molar-refractivity contribution in [2.45, 2.75) is 32.1 Å². The number of nitrogens with one attached hydrogen (secondary N) is 2. The molecule has 10 nitrogen and oxygen atoms in total. The number of aromatic nitrogens is 6. The maximum absolute atomic E-state index is 13.0. The van der Waals surface area contributed by atoms with Crippen LogP contribution in [0.4, 0.5) is 11.6 Å². The molecule has 184 valence electrons. The summed E-state index contributed by atoms with van der Waals surface area (Å²) >= 11 is 0. The molecule has 3 heterocycles. The zero-order chi connectivity index (χ0) is 25.4. The number of nitrogens with two attached hydrogens (primary N) is 1. The number of primary amides is 1. The lowest BCUT2D eigenvalue weighted by Gasteiger charge is -2.14. The van der Waals surface area contributed by atoms with Gasteiger partial charge in [0.25, 0.3) is 5.91 Å². The zero-order valence-electron chi connectivity index (χ0n) is 19.9. The Morgan fingerprint density at radius 3 is 2.68 bits per heavy atom. The van der Waals surface area contributed by atoms with Gasteiger partial charge in [0.05, 0.1) is 5.39 Å². The third-order valence-electron chi connectivity index (χ3n) is 6.70. The van der Waals surface area contributed by atoms with E-state index >= 15 is 0 Å². The van der Waals surface area contributed by atoms with Crippen LogP contribution in [0.5, 0.6) is 0 Å². The van der Waals surface area contributed by atoms with E-state index in [9.17, 15) is 9.59 Å². The van der Waals surface area contributed by atoms with Crippen LogP contribution in [0.3, 0.4) is 0 Å². The number of aryl methyl sites for hydroxylation is 4. The Hall–Kier alpha value is -4.86. The third-order valence-corrected chi connectivity index (χ3v) is 6.70. The fourth-order valence-corrected chi connectivity index (χ4v) is 4.75. The van der Waals surface area contributed by atoms with Gasteiger partial charge < -0.3 is 15.6 Å². The number of benzene rings is 2. The molecule has 6 rings (SSSR count). The third kappa shape index (κ3) is 4.44. The molecule has 0 saturated carbocycles. The SMILES string of the molecule is NC(=O)c1cn(-c2ccc3c(c2)CCC3)c2nc(Nc3ccc(CCc4ncn[nH]4)cc3)ncc2c1=O. The molecule has 0 spiro atoms. The minimum atomic E-state index is -0.785. The van der Waals surface area contributed by atoms with Gasteiger partial charge in [-0.15, -0.1) is 0 Å². The van der Waals surface area contributed by atoms with E-state index in [1.54, 1.807) is 4.57 Å². The molecule has 5 aromatic rings. The van der Waals surface area contributed by atoms with Crippen LogP contribution in [0.1, 0.15) is 39.3 Å². The molecule has 37 heavy (non-hydrogen) atoms. The molecule has 1 amide bonds. The normalized spacial score (nSPS) is 12.5. The maximum atomic E-state index is 13.0. The van der Waals surface area contributed by atoms with E-state index in [0.29, 0.717) is 11.6 Å². The second kappa shape index (κ2) is 9.30. The van der Waals surface area contributed by atoms with Gasteiger partial charge in [-0.3, -0.25) is 14.7 Å². The highest BCUT2D eigenvalue weighted by Gasteiger charge is 2.18. The van der Waals surface area contributed by atoms with Gasteiger partial charge in [0.15, 0.2) is 5.65 Å². The summed E-state index contributed by atoms with van der Waals surface area (Å²) in [4.78, 5) is 38.2. The van der Waals surface area contributed by atoms with Crippen molar-refractivity contribution in [3.05, 3.63) is 99.5 Å². The van der Waals surface area contributed by atoms with Gasteiger partial charge in [0, 0.05) is 30.2 Å². The average Bonchev–Trinajstić information content (AvgIpc) is 3.60. The average molecular weight is 493 g/mol. The van der Waals surface area contributed by atoms with Crippen LogP contribution in [0, 0.1) is 0 Å². The molecule has 0 aliphatic heterocycles. The number of anilines is 2. The quantitative estimate of drug-likeness (QED) is 0.317. The number of carbonyl (C=O) groups excluding carboxylic acids is 1. The number of carbonyl (C=O) groups is 1. The predicted molar refractivity (Wildman–Crippen MR) is 139 cm³/mol. The molecule has 1 aliphatic carbocycles. The van der Waals surface area contributed by atoms with Gasteiger partial charge >= 0.3 is 0 Å². The van der Waals surface area contributed by atoms with Gasteiger partial charge in [-0.2, -0.15) is 10.1 Å². The second-order valence-electron chi connectivity index (χ2n) is 9.10. The van der Waals surface area contributed by atoms with Gasteiger partial charge in [-0.1, -0.05) is 18.2 Å². The molecule has 3 aromatic heterocycles. The smallest absolute Gasteiger partial charge is 0.254 e. The lowest BCUT2D eigenvalue weighted by molar-refractivity contribution is 0.0999. The summed E-state index contributed by atoms with van der Waals surface area (Å²) in [5, 5.41) is 10.2. The summed E-state index contributed by atoms with van der Waals surface area (Å²) in [6, 6.07) is 14.1. The van der Waals surface area contributed by atoms with Crippen LogP contribution in [0.2, 0.25) is 0 Å². The lowest BCUT2D eigenvalue weighted by Crippen LogP contribution is -2.24. The molecule has 0 bridgehead atoms. The standard InChI is InChI=1S/C27H24N8O2/c28-25(37)22-14-35(20-10-7-17-2-1-3-18(17)12-20)26-21(24(22)36)13-29-27(33-26)32-19-8-4-16(5-9-19)6-11-23-30-15-31-34-23/h4-5,7-10,12-15H,1-3,6,11H2,(H2,28,37)(H,29,32,33)(H,30,31,34). The van der Waals surface area contributed by atoms with Crippen LogP contribution in [-0.2, 0) is 25.7 Å². The Labute approximate surface area is 211 Å². The summed E-state index contributed by atoms with van der Waals surface area (Å²) < 4.78 is 1.74. The first-order valence-corrected chi connectivity index (χ1v) is 12.1. The number of amides is 1. The molecule has 0 fully saturated rings. The largest absolute Gasteiger partial charge is 0.365 e. The van der Waals surface area contributed by atoms with Crippen LogP contribution in [-0.4, -0.2) is 35.6 Å². The van der Waals surface area contributed by atoms with Gasteiger partial charge in [0.2, 0.25) is 11.4 Å². The number of pyridine rings is 1. The van der Waals surface area contributed by atoms with E-state index in [-0.39, 0.29) is 10.9 Å². The first kappa shape index (κ1) is 22.6. The Kier molecular flexibility index (Phi) is 5.68.